The summed E-state index contributed by atoms with van der Waals surface area (Å²) in [5.74, 6) is 1.95. The van der Waals surface area contributed by atoms with Crippen molar-refractivity contribution in [3.63, 3.8) is 0 Å². The molecule has 2 rings (SSSR count). The van der Waals surface area contributed by atoms with Crippen LogP contribution in [0.3, 0.4) is 0 Å². The molecule has 0 bridgehead atoms. The van der Waals surface area contributed by atoms with Crippen LogP contribution >= 0.6 is 11.8 Å². The minimum atomic E-state index is 0.693. The van der Waals surface area contributed by atoms with E-state index >= 15 is 0 Å². The van der Waals surface area contributed by atoms with Crippen molar-refractivity contribution in [2.24, 2.45) is 0 Å². The fourth-order valence-electron chi connectivity index (χ4n) is 2.82. The highest BCUT2D eigenvalue weighted by atomic mass is 32.2. The maximum absolute atomic E-state index is 3.75. The highest BCUT2D eigenvalue weighted by molar-refractivity contribution is 7.98. The number of hydrogen-bond donors (Lipinski definition) is 1. The molecule has 1 N–H and O–H groups in total. The number of hydrogen-bond acceptors (Lipinski definition) is 2. The summed E-state index contributed by atoms with van der Waals surface area (Å²) in [4.78, 5) is 0. The lowest BCUT2D eigenvalue weighted by Crippen LogP contribution is -2.38. The van der Waals surface area contributed by atoms with Crippen molar-refractivity contribution >= 4 is 11.8 Å². The van der Waals surface area contributed by atoms with Crippen molar-refractivity contribution in [1.29, 1.82) is 0 Å². The van der Waals surface area contributed by atoms with E-state index < -0.39 is 0 Å². The van der Waals surface area contributed by atoms with Crippen LogP contribution in [-0.2, 0) is 0 Å². The van der Waals surface area contributed by atoms with Gasteiger partial charge < -0.3 is 5.32 Å². The Labute approximate surface area is 109 Å². The highest BCUT2D eigenvalue weighted by Crippen LogP contribution is 2.32. The fourth-order valence-corrected chi connectivity index (χ4v) is 3.14. The molecule has 2 atom stereocenters. The zero-order valence-electron chi connectivity index (χ0n) is 10.7. The molecular formula is C15H23NS. The molecule has 1 nitrogen and oxygen atoms in total. The third-order valence-corrected chi connectivity index (χ3v) is 4.32. The van der Waals surface area contributed by atoms with Crippen LogP contribution < -0.4 is 5.32 Å². The Bertz CT molecular complexity index is 312. The van der Waals surface area contributed by atoms with Gasteiger partial charge in [-0.05, 0) is 30.6 Å². The smallest absolute Gasteiger partial charge is 0.0136 e. The maximum Gasteiger partial charge on any atom is 0.0136 e. The molecule has 17 heavy (non-hydrogen) atoms. The van der Waals surface area contributed by atoms with Crippen LogP contribution in [0.5, 0.6) is 0 Å². The van der Waals surface area contributed by atoms with E-state index in [0.717, 1.165) is 12.5 Å². The summed E-state index contributed by atoms with van der Waals surface area (Å²) in [6, 6.07) is 11.7. The van der Waals surface area contributed by atoms with Crippen LogP contribution in [0.4, 0.5) is 0 Å². The lowest BCUT2D eigenvalue weighted by Gasteiger charge is -2.32. The van der Waals surface area contributed by atoms with Gasteiger partial charge in [-0.3, -0.25) is 0 Å². The Morgan fingerprint density at radius 3 is 2.71 bits per heavy atom. The summed E-state index contributed by atoms with van der Waals surface area (Å²) in [7, 11) is 0. The van der Waals surface area contributed by atoms with Gasteiger partial charge in [0.05, 0.1) is 0 Å². The number of benzene rings is 1. The number of rotatable bonds is 5. The molecule has 0 spiro atoms. The van der Waals surface area contributed by atoms with E-state index in [2.05, 4.69) is 41.9 Å². The van der Waals surface area contributed by atoms with Gasteiger partial charge in [0, 0.05) is 18.3 Å². The van der Waals surface area contributed by atoms with Gasteiger partial charge in [-0.15, -0.1) is 0 Å². The Morgan fingerprint density at radius 1 is 1.18 bits per heavy atom. The van der Waals surface area contributed by atoms with Crippen molar-refractivity contribution in [1.82, 2.24) is 5.32 Å². The van der Waals surface area contributed by atoms with Crippen LogP contribution in [0.2, 0.25) is 0 Å². The van der Waals surface area contributed by atoms with Crippen molar-refractivity contribution < 1.29 is 0 Å². The van der Waals surface area contributed by atoms with E-state index in [1.807, 2.05) is 11.8 Å². The first-order valence-electron chi connectivity index (χ1n) is 6.69. The van der Waals surface area contributed by atoms with E-state index in [0.29, 0.717) is 6.04 Å². The highest BCUT2D eigenvalue weighted by Gasteiger charge is 2.25. The molecule has 94 valence electrons. The predicted molar refractivity (Wildman–Crippen MR) is 77.8 cm³/mol. The first-order valence-corrected chi connectivity index (χ1v) is 8.08. The fraction of sp³-hybridized carbons (Fsp3) is 0.600. The summed E-state index contributed by atoms with van der Waals surface area (Å²) in [5.41, 5.74) is 1.52. The van der Waals surface area contributed by atoms with Gasteiger partial charge in [0.2, 0.25) is 0 Å². The average Bonchev–Trinajstić information content (AvgIpc) is 2.41. The molecule has 0 aromatic heterocycles. The van der Waals surface area contributed by atoms with E-state index in [-0.39, 0.29) is 0 Å². The largest absolute Gasteiger partial charge is 0.313 e. The van der Waals surface area contributed by atoms with Gasteiger partial charge in [-0.2, -0.15) is 11.8 Å². The maximum atomic E-state index is 3.75. The third kappa shape index (κ3) is 3.75. The molecule has 1 aliphatic carbocycles. The summed E-state index contributed by atoms with van der Waals surface area (Å²) in [5, 5.41) is 3.75. The van der Waals surface area contributed by atoms with Crippen molar-refractivity contribution in [2.75, 3.05) is 18.6 Å². The average molecular weight is 249 g/mol. The Kier molecular flexibility index (Phi) is 5.40. The molecule has 0 heterocycles. The Hall–Kier alpha value is -0.470. The van der Waals surface area contributed by atoms with Crippen LogP contribution in [0.15, 0.2) is 30.3 Å². The molecule has 1 saturated carbocycles. The Balaban J connectivity index is 1.97. The third-order valence-electron chi connectivity index (χ3n) is 3.71. The first kappa shape index (κ1) is 13.0. The standard InChI is InChI=1S/C15H23NS/c1-17-12-11-16-15-10-6-5-9-14(15)13-7-3-2-4-8-13/h2-4,7-8,14-16H,5-6,9-12H2,1H3. The zero-order valence-corrected chi connectivity index (χ0v) is 11.5. The summed E-state index contributed by atoms with van der Waals surface area (Å²) >= 11 is 1.92. The van der Waals surface area contributed by atoms with E-state index in [1.54, 1.807) is 0 Å². The Morgan fingerprint density at radius 2 is 1.94 bits per heavy atom. The van der Waals surface area contributed by atoms with E-state index in [4.69, 9.17) is 0 Å². The topological polar surface area (TPSA) is 12.0 Å². The molecule has 1 aliphatic rings. The first-order chi connectivity index (χ1) is 8.42. The SMILES string of the molecule is CSCCNC1CCCCC1c1ccccc1. The van der Waals surface area contributed by atoms with Gasteiger partial charge >= 0.3 is 0 Å². The number of thioether (sulfide) groups is 1. The van der Waals surface area contributed by atoms with Crippen molar-refractivity contribution in [2.45, 2.75) is 37.6 Å². The predicted octanol–water partition coefficient (Wildman–Crippen LogP) is 3.67. The van der Waals surface area contributed by atoms with Crippen LogP contribution in [-0.4, -0.2) is 24.6 Å². The zero-order chi connectivity index (χ0) is 11.9. The molecule has 1 aromatic carbocycles. The summed E-state index contributed by atoms with van der Waals surface area (Å²) in [6.07, 6.45) is 7.65. The second-order valence-electron chi connectivity index (χ2n) is 4.86. The molecule has 0 amide bonds. The van der Waals surface area contributed by atoms with Crippen LogP contribution in [0.1, 0.15) is 37.2 Å². The van der Waals surface area contributed by atoms with Gasteiger partial charge in [-0.25, -0.2) is 0 Å². The molecule has 1 aromatic rings. The van der Waals surface area contributed by atoms with Crippen LogP contribution in [0.25, 0.3) is 0 Å². The summed E-state index contributed by atoms with van der Waals surface area (Å²) < 4.78 is 0. The molecule has 1 fully saturated rings. The minimum Gasteiger partial charge on any atom is -0.313 e. The monoisotopic (exact) mass is 249 g/mol. The molecule has 0 aliphatic heterocycles. The second-order valence-corrected chi connectivity index (χ2v) is 5.84. The molecule has 0 saturated heterocycles. The lowest BCUT2D eigenvalue weighted by atomic mass is 9.80. The van der Waals surface area contributed by atoms with Crippen LogP contribution in [0, 0.1) is 0 Å². The number of nitrogens with one attached hydrogen (secondary N) is 1. The summed E-state index contributed by atoms with van der Waals surface area (Å²) in [6.45, 7) is 1.15. The minimum absolute atomic E-state index is 0.693. The van der Waals surface area contributed by atoms with Gasteiger partial charge in [-0.1, -0.05) is 43.2 Å². The van der Waals surface area contributed by atoms with Crippen molar-refractivity contribution in [3.05, 3.63) is 35.9 Å². The quantitative estimate of drug-likeness (QED) is 0.799. The van der Waals surface area contributed by atoms with Crippen molar-refractivity contribution in [3.8, 4) is 0 Å². The molecular weight excluding hydrogens is 226 g/mol. The normalized spacial score (nSPS) is 24.8. The van der Waals surface area contributed by atoms with E-state index in [9.17, 15) is 0 Å². The molecule has 2 heteroatoms. The van der Waals surface area contributed by atoms with E-state index in [1.165, 1.54) is 37.0 Å². The van der Waals surface area contributed by atoms with Gasteiger partial charge in [0.25, 0.3) is 0 Å². The van der Waals surface area contributed by atoms with Gasteiger partial charge in [0.15, 0.2) is 0 Å². The molecule has 0 radical (unpaired) electrons. The molecule has 2 unspecified atom stereocenters. The van der Waals surface area contributed by atoms with Gasteiger partial charge in [0.1, 0.15) is 0 Å². The second kappa shape index (κ2) is 7.07. The lowest BCUT2D eigenvalue weighted by molar-refractivity contribution is 0.333.